The van der Waals surface area contributed by atoms with E-state index in [4.69, 9.17) is 10.1 Å². The normalized spacial score (nSPS) is 16.4. The number of nitrogens with zero attached hydrogens (tertiary/aromatic N) is 2. The molecule has 0 saturated carbocycles. The summed E-state index contributed by atoms with van der Waals surface area (Å²) in [5.41, 5.74) is 0.431. The van der Waals surface area contributed by atoms with Gasteiger partial charge < -0.3 is 14.2 Å². The summed E-state index contributed by atoms with van der Waals surface area (Å²) >= 11 is 1.30. The van der Waals surface area contributed by atoms with E-state index in [2.05, 4.69) is 0 Å². The third-order valence-electron chi connectivity index (χ3n) is 4.37. The number of likely N-dealkylation sites (tertiary alicyclic amines) is 1. The number of nitrogens with one attached hydrogen (secondary N) is 1. The number of amides is 1. The first-order valence-electron chi connectivity index (χ1n) is 8.54. The Kier molecular flexibility index (Phi) is 4.86. The molecule has 1 N–H and O–H groups in total. The predicted molar refractivity (Wildman–Crippen MR) is 96.2 cm³/mol. The van der Waals surface area contributed by atoms with Crippen molar-refractivity contribution < 1.29 is 13.9 Å². The van der Waals surface area contributed by atoms with Gasteiger partial charge in [0.15, 0.2) is 4.80 Å². The molecule has 5 nitrogen and oxygen atoms in total. The van der Waals surface area contributed by atoms with Crippen molar-refractivity contribution in [3.05, 3.63) is 28.8 Å². The summed E-state index contributed by atoms with van der Waals surface area (Å²) in [5.74, 6) is 0.127. The fourth-order valence-electron chi connectivity index (χ4n) is 3.13. The minimum absolute atomic E-state index is 0.253. The Balaban J connectivity index is 1.64. The minimum atomic E-state index is -0.477. The summed E-state index contributed by atoms with van der Waals surface area (Å²) < 4.78 is 21.5. The monoisotopic (exact) mass is 365 g/mol. The number of halogens is 1. The Hall–Kier alpha value is -1.89. The Labute approximate surface area is 150 Å². The molecule has 0 bridgehead atoms. The van der Waals surface area contributed by atoms with E-state index in [1.165, 1.54) is 23.5 Å². The SMILES string of the molecule is CC(C)(C)OC(=O)N1CCC(Cn2c(=N)sc3cc(F)ccc32)CC1. The molecule has 2 heterocycles. The van der Waals surface area contributed by atoms with Gasteiger partial charge >= 0.3 is 6.09 Å². The van der Waals surface area contributed by atoms with E-state index in [9.17, 15) is 9.18 Å². The highest BCUT2D eigenvalue weighted by Crippen LogP contribution is 2.24. The average Bonchev–Trinajstić information content (AvgIpc) is 2.81. The Morgan fingerprint density at radius 1 is 1.36 bits per heavy atom. The summed E-state index contributed by atoms with van der Waals surface area (Å²) in [5, 5.41) is 8.17. The molecule has 0 unspecified atom stereocenters. The average molecular weight is 365 g/mol. The Morgan fingerprint density at radius 3 is 2.68 bits per heavy atom. The summed E-state index contributed by atoms with van der Waals surface area (Å²) in [4.78, 5) is 14.3. The van der Waals surface area contributed by atoms with Gasteiger partial charge in [-0.2, -0.15) is 0 Å². The lowest BCUT2D eigenvalue weighted by Crippen LogP contribution is -2.42. The molecule has 25 heavy (non-hydrogen) atoms. The van der Waals surface area contributed by atoms with Gasteiger partial charge in [0.1, 0.15) is 11.4 Å². The number of thiazole rings is 1. The zero-order chi connectivity index (χ0) is 18.2. The molecule has 1 aromatic heterocycles. The van der Waals surface area contributed by atoms with E-state index in [1.54, 1.807) is 11.0 Å². The van der Waals surface area contributed by atoms with Crippen LogP contribution in [0.3, 0.4) is 0 Å². The van der Waals surface area contributed by atoms with E-state index in [1.807, 2.05) is 25.3 Å². The van der Waals surface area contributed by atoms with Crippen LogP contribution in [0, 0.1) is 17.1 Å². The van der Waals surface area contributed by atoms with E-state index in [0.29, 0.717) is 23.8 Å². The lowest BCUT2D eigenvalue weighted by Gasteiger charge is -2.33. The summed E-state index contributed by atoms with van der Waals surface area (Å²) in [6, 6.07) is 4.67. The summed E-state index contributed by atoms with van der Waals surface area (Å²) in [6.45, 7) is 7.68. The number of aromatic nitrogens is 1. The molecule has 0 radical (unpaired) electrons. The van der Waals surface area contributed by atoms with Gasteiger partial charge in [0.25, 0.3) is 0 Å². The molecule has 1 aromatic carbocycles. The zero-order valence-electron chi connectivity index (χ0n) is 14.8. The highest BCUT2D eigenvalue weighted by atomic mass is 32.1. The van der Waals surface area contributed by atoms with E-state index >= 15 is 0 Å². The van der Waals surface area contributed by atoms with Gasteiger partial charge in [-0.15, -0.1) is 0 Å². The van der Waals surface area contributed by atoms with Crippen LogP contribution in [-0.4, -0.2) is 34.3 Å². The fraction of sp³-hybridized carbons (Fsp3) is 0.556. The van der Waals surface area contributed by atoms with E-state index < -0.39 is 5.60 Å². The largest absolute Gasteiger partial charge is 0.444 e. The van der Waals surface area contributed by atoms with Gasteiger partial charge in [-0.25, -0.2) is 9.18 Å². The number of carbonyl (C=O) groups is 1. The number of piperidine rings is 1. The second-order valence-electron chi connectivity index (χ2n) is 7.54. The van der Waals surface area contributed by atoms with Crippen LogP contribution in [0.2, 0.25) is 0 Å². The van der Waals surface area contributed by atoms with Crippen molar-refractivity contribution in [1.29, 1.82) is 5.41 Å². The van der Waals surface area contributed by atoms with Crippen LogP contribution in [0.5, 0.6) is 0 Å². The quantitative estimate of drug-likeness (QED) is 0.875. The first-order valence-corrected chi connectivity index (χ1v) is 9.36. The smallest absolute Gasteiger partial charge is 0.410 e. The van der Waals surface area contributed by atoms with Gasteiger partial charge in [-0.1, -0.05) is 11.3 Å². The molecule has 2 aromatic rings. The third-order valence-corrected chi connectivity index (χ3v) is 5.33. The Morgan fingerprint density at radius 2 is 2.04 bits per heavy atom. The zero-order valence-corrected chi connectivity index (χ0v) is 15.7. The van der Waals surface area contributed by atoms with Crippen LogP contribution in [0.4, 0.5) is 9.18 Å². The van der Waals surface area contributed by atoms with Crippen molar-refractivity contribution >= 4 is 27.6 Å². The first kappa shape index (κ1) is 17.9. The molecule has 0 atom stereocenters. The van der Waals surface area contributed by atoms with E-state index in [0.717, 1.165) is 29.6 Å². The molecule has 1 fully saturated rings. The number of benzene rings is 1. The van der Waals surface area contributed by atoms with Crippen molar-refractivity contribution in [3.63, 3.8) is 0 Å². The number of fused-ring (bicyclic) bond motifs is 1. The maximum Gasteiger partial charge on any atom is 0.410 e. The standard InChI is InChI=1S/C18H24FN3O2S/c1-18(2,3)24-17(23)21-8-6-12(7-9-21)11-22-14-5-4-13(19)10-15(14)25-16(22)20/h4-5,10,12,20H,6-9,11H2,1-3H3. The molecular weight excluding hydrogens is 341 g/mol. The third kappa shape index (κ3) is 4.21. The first-order chi connectivity index (χ1) is 11.7. The van der Waals surface area contributed by atoms with Crippen molar-refractivity contribution in [2.75, 3.05) is 13.1 Å². The number of carbonyl (C=O) groups excluding carboxylic acids is 1. The fourth-order valence-corrected chi connectivity index (χ4v) is 4.07. The number of hydrogen-bond acceptors (Lipinski definition) is 4. The minimum Gasteiger partial charge on any atom is -0.444 e. The molecule has 3 rings (SSSR count). The van der Waals surface area contributed by atoms with Crippen molar-refractivity contribution in [2.24, 2.45) is 5.92 Å². The maximum atomic E-state index is 13.4. The lowest BCUT2D eigenvalue weighted by molar-refractivity contribution is 0.0178. The maximum absolute atomic E-state index is 13.4. The van der Waals surface area contributed by atoms with Crippen LogP contribution >= 0.6 is 11.3 Å². The highest BCUT2D eigenvalue weighted by Gasteiger charge is 2.27. The van der Waals surface area contributed by atoms with E-state index in [-0.39, 0.29) is 11.9 Å². The van der Waals surface area contributed by atoms with Gasteiger partial charge in [0.05, 0.1) is 10.2 Å². The number of hydrogen-bond donors (Lipinski definition) is 1. The molecule has 1 aliphatic heterocycles. The van der Waals surface area contributed by atoms with Gasteiger partial charge in [-0.3, -0.25) is 5.41 Å². The van der Waals surface area contributed by atoms with Crippen molar-refractivity contribution in [2.45, 2.75) is 45.8 Å². The topological polar surface area (TPSA) is 58.3 Å². The number of rotatable bonds is 2. The van der Waals surface area contributed by atoms with Crippen LogP contribution in [0.1, 0.15) is 33.6 Å². The molecule has 7 heteroatoms. The van der Waals surface area contributed by atoms with Gasteiger partial charge in [0.2, 0.25) is 0 Å². The second-order valence-corrected chi connectivity index (χ2v) is 8.57. The van der Waals surface area contributed by atoms with Crippen LogP contribution < -0.4 is 4.80 Å². The second kappa shape index (κ2) is 6.78. The molecule has 1 saturated heterocycles. The van der Waals surface area contributed by atoms with Gasteiger partial charge in [-0.05, 0) is 57.7 Å². The summed E-state index contributed by atoms with van der Waals surface area (Å²) in [6.07, 6.45) is 1.50. The molecule has 1 aliphatic rings. The van der Waals surface area contributed by atoms with Crippen molar-refractivity contribution in [3.8, 4) is 0 Å². The molecule has 0 spiro atoms. The number of ether oxygens (including phenoxy) is 1. The van der Waals surface area contributed by atoms with Gasteiger partial charge in [0, 0.05) is 19.6 Å². The van der Waals surface area contributed by atoms with Crippen molar-refractivity contribution in [1.82, 2.24) is 9.47 Å². The van der Waals surface area contributed by atoms with Crippen LogP contribution in [0.15, 0.2) is 18.2 Å². The van der Waals surface area contributed by atoms with Crippen LogP contribution in [-0.2, 0) is 11.3 Å². The molecular formula is C18H24FN3O2S. The highest BCUT2D eigenvalue weighted by molar-refractivity contribution is 7.16. The van der Waals surface area contributed by atoms with Crippen LogP contribution in [0.25, 0.3) is 10.2 Å². The summed E-state index contributed by atoms with van der Waals surface area (Å²) in [7, 11) is 0. The predicted octanol–water partition coefficient (Wildman–Crippen LogP) is 3.97. The Bertz CT molecular complexity index is 829. The molecule has 0 aliphatic carbocycles. The molecule has 136 valence electrons. The lowest BCUT2D eigenvalue weighted by atomic mass is 9.97. The molecule has 1 amide bonds.